The van der Waals surface area contributed by atoms with Gasteiger partial charge in [0.05, 0.1) is 41.7 Å². The van der Waals surface area contributed by atoms with Crippen LogP contribution in [0.2, 0.25) is 0 Å². The molecule has 0 radical (unpaired) electrons. The lowest BCUT2D eigenvalue weighted by molar-refractivity contribution is 0.259. The highest BCUT2D eigenvalue weighted by Crippen LogP contribution is 2.31. The predicted molar refractivity (Wildman–Crippen MR) is 129 cm³/mol. The first-order chi connectivity index (χ1) is 16.1. The van der Waals surface area contributed by atoms with Crippen LogP contribution in [0.3, 0.4) is 0 Å². The molecule has 0 fully saturated rings. The molecule has 0 aromatic heterocycles. The minimum absolute atomic E-state index is 0.0263. The van der Waals surface area contributed by atoms with Gasteiger partial charge in [0, 0.05) is 24.9 Å². The Morgan fingerprint density at radius 1 is 0.636 bits per heavy atom. The van der Waals surface area contributed by atoms with E-state index in [1.165, 1.54) is 0 Å². The molecule has 2 rings (SSSR count). The van der Waals surface area contributed by atoms with E-state index in [0.29, 0.717) is 36.1 Å². The molecule has 0 amide bonds. The highest BCUT2D eigenvalue weighted by atomic mass is 16.5. The zero-order valence-corrected chi connectivity index (χ0v) is 20.1. The number of nitrogens with one attached hydrogen (secondary N) is 2. The van der Waals surface area contributed by atoms with Crippen molar-refractivity contribution >= 4 is 0 Å². The van der Waals surface area contributed by atoms with Gasteiger partial charge in [-0.1, -0.05) is 12.1 Å². The molecule has 2 aromatic rings. The molecule has 0 aliphatic carbocycles. The van der Waals surface area contributed by atoms with E-state index in [2.05, 4.69) is 10.6 Å². The van der Waals surface area contributed by atoms with Gasteiger partial charge >= 0.3 is 0 Å². The molecular formula is C25H38N2O6. The summed E-state index contributed by atoms with van der Waals surface area (Å²) in [5.74, 6) is 2.61. The maximum atomic E-state index is 9.81. The summed E-state index contributed by atoms with van der Waals surface area (Å²) in [4.78, 5) is 0. The van der Waals surface area contributed by atoms with Gasteiger partial charge in [0.2, 0.25) is 0 Å². The minimum Gasteiger partial charge on any atom is -0.493 e. The highest BCUT2D eigenvalue weighted by molar-refractivity contribution is 5.44. The molecule has 0 aliphatic rings. The minimum atomic E-state index is -0.0263. The van der Waals surface area contributed by atoms with Crippen LogP contribution in [-0.4, -0.2) is 78.0 Å². The number of ether oxygens (including phenoxy) is 4. The van der Waals surface area contributed by atoms with Gasteiger partial charge in [-0.15, -0.1) is 0 Å². The number of methoxy groups -OCH3 is 4. The number of aliphatic hydroxyl groups is 2. The van der Waals surface area contributed by atoms with E-state index in [-0.39, 0.29) is 25.0 Å². The predicted octanol–water partition coefficient (Wildman–Crippen LogP) is 2.14. The monoisotopic (exact) mass is 462 g/mol. The Balaban J connectivity index is 1.74. The summed E-state index contributed by atoms with van der Waals surface area (Å²) in [5, 5.41) is 26.4. The van der Waals surface area contributed by atoms with Crippen molar-refractivity contribution in [3.05, 3.63) is 47.5 Å². The summed E-state index contributed by atoms with van der Waals surface area (Å²) in [5.41, 5.74) is 2.00. The standard InChI is InChI=1S/C25H38N2O6/c1-30-22-8-6-18(12-24(22)32-3)20(16-28)14-26-10-5-11-27-15-21(17-29)19-7-9-23(31-2)25(13-19)33-4/h6-9,12-13,20-21,26-29H,5,10-11,14-17H2,1-4H3. The number of aliphatic hydroxyl groups excluding tert-OH is 2. The van der Waals surface area contributed by atoms with E-state index in [4.69, 9.17) is 18.9 Å². The Kier molecular flexibility index (Phi) is 11.8. The van der Waals surface area contributed by atoms with Crippen LogP contribution in [0.25, 0.3) is 0 Å². The maximum absolute atomic E-state index is 9.81. The zero-order valence-electron chi connectivity index (χ0n) is 20.1. The molecule has 2 unspecified atom stereocenters. The number of hydrogen-bond acceptors (Lipinski definition) is 8. The molecule has 2 aromatic carbocycles. The maximum Gasteiger partial charge on any atom is 0.160 e. The van der Waals surface area contributed by atoms with Crippen molar-refractivity contribution in [1.29, 1.82) is 0 Å². The van der Waals surface area contributed by atoms with Crippen LogP contribution in [0.5, 0.6) is 23.0 Å². The van der Waals surface area contributed by atoms with Crippen LogP contribution >= 0.6 is 0 Å². The van der Waals surface area contributed by atoms with Crippen LogP contribution in [0.4, 0.5) is 0 Å². The van der Waals surface area contributed by atoms with Gasteiger partial charge in [-0.05, 0) is 54.9 Å². The summed E-state index contributed by atoms with van der Waals surface area (Å²) in [6, 6.07) is 11.4. The molecular weight excluding hydrogens is 424 g/mol. The molecule has 33 heavy (non-hydrogen) atoms. The van der Waals surface area contributed by atoms with E-state index in [9.17, 15) is 10.2 Å². The second-order valence-corrected chi connectivity index (χ2v) is 7.75. The zero-order chi connectivity index (χ0) is 24.1. The van der Waals surface area contributed by atoms with Crippen LogP contribution in [-0.2, 0) is 0 Å². The fourth-order valence-electron chi connectivity index (χ4n) is 3.68. The van der Waals surface area contributed by atoms with Gasteiger partial charge in [0.15, 0.2) is 23.0 Å². The van der Waals surface area contributed by atoms with Crippen molar-refractivity contribution in [3.8, 4) is 23.0 Å². The van der Waals surface area contributed by atoms with Crippen LogP contribution in [0.15, 0.2) is 36.4 Å². The Morgan fingerprint density at radius 2 is 1.03 bits per heavy atom. The molecule has 0 spiro atoms. The molecule has 4 N–H and O–H groups in total. The number of hydrogen-bond donors (Lipinski definition) is 4. The molecule has 0 saturated carbocycles. The Labute approximate surface area is 196 Å². The third kappa shape index (κ3) is 7.78. The molecule has 184 valence electrons. The lowest BCUT2D eigenvalue weighted by atomic mass is 9.99. The number of rotatable bonds is 16. The summed E-state index contributed by atoms with van der Waals surface area (Å²) in [6.07, 6.45) is 0.925. The van der Waals surface area contributed by atoms with Crippen molar-refractivity contribution in [1.82, 2.24) is 10.6 Å². The quantitative estimate of drug-likeness (QED) is 0.282. The molecule has 8 heteroatoms. The third-order valence-corrected chi connectivity index (χ3v) is 5.69. The summed E-state index contributed by atoms with van der Waals surface area (Å²) >= 11 is 0. The summed E-state index contributed by atoms with van der Waals surface area (Å²) in [7, 11) is 6.42. The Morgan fingerprint density at radius 3 is 1.36 bits per heavy atom. The van der Waals surface area contributed by atoms with E-state index in [1.807, 2.05) is 36.4 Å². The first-order valence-corrected chi connectivity index (χ1v) is 11.2. The second-order valence-electron chi connectivity index (χ2n) is 7.75. The number of benzene rings is 2. The average molecular weight is 463 g/mol. The smallest absolute Gasteiger partial charge is 0.160 e. The summed E-state index contributed by atoms with van der Waals surface area (Å²) in [6.45, 7) is 3.05. The Bertz CT molecular complexity index is 765. The van der Waals surface area contributed by atoms with Crippen molar-refractivity contribution in [2.75, 3.05) is 67.8 Å². The van der Waals surface area contributed by atoms with Crippen molar-refractivity contribution in [2.24, 2.45) is 0 Å². The van der Waals surface area contributed by atoms with E-state index < -0.39 is 0 Å². The van der Waals surface area contributed by atoms with Crippen molar-refractivity contribution in [2.45, 2.75) is 18.3 Å². The largest absolute Gasteiger partial charge is 0.493 e. The average Bonchev–Trinajstić information content (AvgIpc) is 2.87. The Hall–Kier alpha value is -2.52. The van der Waals surface area contributed by atoms with Crippen LogP contribution < -0.4 is 29.6 Å². The molecule has 0 bridgehead atoms. The van der Waals surface area contributed by atoms with Crippen molar-refractivity contribution < 1.29 is 29.2 Å². The first-order valence-electron chi connectivity index (χ1n) is 11.2. The van der Waals surface area contributed by atoms with Crippen LogP contribution in [0.1, 0.15) is 29.4 Å². The lowest BCUT2D eigenvalue weighted by Gasteiger charge is -2.19. The van der Waals surface area contributed by atoms with E-state index in [1.54, 1.807) is 28.4 Å². The fraction of sp³-hybridized carbons (Fsp3) is 0.520. The van der Waals surface area contributed by atoms with E-state index >= 15 is 0 Å². The van der Waals surface area contributed by atoms with Gasteiger partial charge < -0.3 is 39.8 Å². The molecule has 2 atom stereocenters. The molecule has 0 aliphatic heterocycles. The van der Waals surface area contributed by atoms with E-state index in [0.717, 1.165) is 30.6 Å². The second kappa shape index (κ2) is 14.6. The molecule has 0 saturated heterocycles. The molecule has 0 heterocycles. The molecule has 8 nitrogen and oxygen atoms in total. The van der Waals surface area contributed by atoms with Gasteiger partial charge in [-0.25, -0.2) is 0 Å². The fourth-order valence-corrected chi connectivity index (χ4v) is 3.68. The summed E-state index contributed by atoms with van der Waals surface area (Å²) < 4.78 is 21.3. The highest BCUT2D eigenvalue weighted by Gasteiger charge is 2.15. The third-order valence-electron chi connectivity index (χ3n) is 5.69. The topological polar surface area (TPSA) is 101 Å². The van der Waals surface area contributed by atoms with Gasteiger partial charge in [-0.2, -0.15) is 0 Å². The van der Waals surface area contributed by atoms with Crippen LogP contribution in [0, 0.1) is 0 Å². The normalized spacial score (nSPS) is 12.8. The van der Waals surface area contributed by atoms with Crippen molar-refractivity contribution in [3.63, 3.8) is 0 Å². The lowest BCUT2D eigenvalue weighted by Crippen LogP contribution is -2.29. The van der Waals surface area contributed by atoms with Gasteiger partial charge in [-0.3, -0.25) is 0 Å². The first kappa shape index (κ1) is 26.7. The van der Waals surface area contributed by atoms with Gasteiger partial charge in [0.25, 0.3) is 0 Å². The van der Waals surface area contributed by atoms with Gasteiger partial charge in [0.1, 0.15) is 0 Å². The SMILES string of the molecule is COc1ccc(C(CO)CNCCCNCC(CO)c2ccc(OC)c(OC)c2)cc1OC.